The lowest BCUT2D eigenvalue weighted by atomic mass is 9.98. The van der Waals surface area contributed by atoms with Gasteiger partial charge in [-0.2, -0.15) is 0 Å². The van der Waals surface area contributed by atoms with Crippen LogP contribution in [0.3, 0.4) is 0 Å². The highest BCUT2D eigenvalue weighted by atomic mass is 16.7. The van der Waals surface area contributed by atoms with E-state index in [1.54, 1.807) is 0 Å². The van der Waals surface area contributed by atoms with E-state index in [9.17, 15) is 19.2 Å². The van der Waals surface area contributed by atoms with Crippen molar-refractivity contribution in [2.24, 2.45) is 0 Å². The average Bonchev–Trinajstić information content (AvgIpc) is 2.48. The number of ether oxygens (including phenoxy) is 6. The molecule has 1 rings (SSSR count). The number of esters is 4. The van der Waals surface area contributed by atoms with E-state index in [0.717, 1.165) is 20.8 Å². The van der Waals surface area contributed by atoms with Crippen molar-refractivity contribution in [2.75, 3.05) is 13.7 Å². The summed E-state index contributed by atoms with van der Waals surface area (Å²) in [6, 6.07) is 0. The maximum Gasteiger partial charge on any atom is 0.303 e. The summed E-state index contributed by atoms with van der Waals surface area (Å²) in [5.74, 6) is -2.63. The Labute approximate surface area is 144 Å². The van der Waals surface area contributed by atoms with Gasteiger partial charge in [-0.25, -0.2) is 0 Å². The molecule has 5 atom stereocenters. The van der Waals surface area contributed by atoms with E-state index < -0.39 is 54.6 Å². The van der Waals surface area contributed by atoms with Crippen molar-refractivity contribution in [3.8, 4) is 0 Å². The van der Waals surface area contributed by atoms with Gasteiger partial charge < -0.3 is 28.4 Å². The third kappa shape index (κ3) is 6.31. The molecule has 1 aliphatic heterocycles. The lowest BCUT2D eigenvalue weighted by Crippen LogP contribution is -2.62. The molecule has 1 saturated heterocycles. The van der Waals surface area contributed by atoms with Crippen LogP contribution >= 0.6 is 0 Å². The minimum atomic E-state index is -1.20. The monoisotopic (exact) mass is 362 g/mol. The summed E-state index contributed by atoms with van der Waals surface area (Å²) in [5.41, 5.74) is 0. The minimum absolute atomic E-state index is 0.280. The first-order chi connectivity index (χ1) is 11.6. The largest absolute Gasteiger partial charge is 0.463 e. The Balaban J connectivity index is 3.18. The molecule has 0 aromatic carbocycles. The zero-order valence-electron chi connectivity index (χ0n) is 14.7. The molecule has 2 unspecified atom stereocenters. The molecule has 1 fully saturated rings. The second kappa shape index (κ2) is 9.33. The smallest absolute Gasteiger partial charge is 0.303 e. The molecule has 0 radical (unpaired) electrons. The number of rotatable bonds is 6. The van der Waals surface area contributed by atoms with Crippen LogP contribution in [0.1, 0.15) is 27.7 Å². The summed E-state index contributed by atoms with van der Waals surface area (Å²) in [5, 5.41) is 0. The van der Waals surface area contributed by atoms with Crippen molar-refractivity contribution in [3.05, 3.63) is 0 Å². The van der Waals surface area contributed by atoms with Gasteiger partial charge in [-0.1, -0.05) is 0 Å². The molecule has 10 heteroatoms. The number of hydrogen-bond acceptors (Lipinski definition) is 10. The molecule has 0 saturated carbocycles. The predicted octanol–water partition coefficient (Wildman–Crippen LogP) is -0.284. The zero-order valence-corrected chi connectivity index (χ0v) is 14.7. The van der Waals surface area contributed by atoms with Crippen molar-refractivity contribution in [1.82, 2.24) is 0 Å². The van der Waals surface area contributed by atoms with E-state index in [4.69, 9.17) is 28.4 Å². The highest BCUT2D eigenvalue weighted by molar-refractivity contribution is 5.68. The first-order valence-corrected chi connectivity index (χ1v) is 7.49. The van der Waals surface area contributed by atoms with Crippen molar-refractivity contribution in [3.63, 3.8) is 0 Å². The van der Waals surface area contributed by atoms with Crippen LogP contribution in [0.15, 0.2) is 0 Å². The van der Waals surface area contributed by atoms with E-state index in [2.05, 4.69) is 0 Å². The second-order valence-electron chi connectivity index (χ2n) is 5.30. The van der Waals surface area contributed by atoms with Crippen molar-refractivity contribution in [1.29, 1.82) is 0 Å². The van der Waals surface area contributed by atoms with Crippen molar-refractivity contribution >= 4 is 23.9 Å². The van der Waals surface area contributed by atoms with Crippen LogP contribution in [0.5, 0.6) is 0 Å². The summed E-state index contributed by atoms with van der Waals surface area (Å²) < 4.78 is 31.1. The van der Waals surface area contributed by atoms with E-state index in [-0.39, 0.29) is 6.61 Å². The molecule has 0 aromatic heterocycles. The van der Waals surface area contributed by atoms with Crippen molar-refractivity contribution in [2.45, 2.75) is 58.4 Å². The van der Waals surface area contributed by atoms with Gasteiger partial charge in [0.15, 0.2) is 24.6 Å². The van der Waals surface area contributed by atoms with Gasteiger partial charge in [0.1, 0.15) is 12.7 Å². The van der Waals surface area contributed by atoms with Crippen molar-refractivity contribution < 1.29 is 47.6 Å². The molecule has 10 nitrogen and oxygen atoms in total. The van der Waals surface area contributed by atoms with E-state index in [1.807, 2.05) is 0 Å². The molecule has 25 heavy (non-hydrogen) atoms. The average molecular weight is 362 g/mol. The summed E-state index contributed by atoms with van der Waals surface area (Å²) in [6.45, 7) is 4.37. The van der Waals surface area contributed by atoms with Crippen LogP contribution in [0.2, 0.25) is 0 Å². The fourth-order valence-corrected chi connectivity index (χ4v) is 2.38. The van der Waals surface area contributed by atoms with Crippen LogP contribution in [0.25, 0.3) is 0 Å². The van der Waals surface area contributed by atoms with Crippen LogP contribution in [-0.2, 0) is 47.6 Å². The normalized spacial score (nSPS) is 28.6. The second-order valence-corrected chi connectivity index (χ2v) is 5.30. The SMILES string of the molecule is CO[C@H]1OC(COC(C)=O)[C@@H](OC(C)=O)[C@H](OC(C)=O)C1OC(C)=O. The molecule has 0 aliphatic carbocycles. The predicted molar refractivity (Wildman–Crippen MR) is 79.0 cm³/mol. The van der Waals surface area contributed by atoms with Gasteiger partial charge in [0.2, 0.25) is 0 Å². The fraction of sp³-hybridized carbons (Fsp3) is 0.733. The fourth-order valence-electron chi connectivity index (χ4n) is 2.38. The zero-order chi connectivity index (χ0) is 19.1. The number of carbonyl (C=O) groups is 4. The standard InChI is InChI=1S/C15H22O10/c1-7(16)21-6-11-12(22-8(2)17)13(23-9(3)18)14(24-10(4)19)15(20-5)25-11/h11-15H,6H2,1-5H3/t11?,12-,13+,14?,15+/m1/s1. The molecule has 0 spiro atoms. The topological polar surface area (TPSA) is 124 Å². The third-order valence-electron chi connectivity index (χ3n) is 3.18. The molecular weight excluding hydrogens is 340 g/mol. The molecule has 142 valence electrons. The molecule has 1 aliphatic rings. The Morgan fingerprint density at radius 2 is 1.24 bits per heavy atom. The van der Waals surface area contributed by atoms with Gasteiger partial charge >= 0.3 is 23.9 Å². The minimum Gasteiger partial charge on any atom is -0.463 e. The Kier molecular flexibility index (Phi) is 7.78. The summed E-state index contributed by atoms with van der Waals surface area (Å²) in [4.78, 5) is 45.4. The lowest BCUT2D eigenvalue weighted by Gasteiger charge is -2.43. The van der Waals surface area contributed by atoms with E-state index >= 15 is 0 Å². The van der Waals surface area contributed by atoms with Crippen LogP contribution in [0.4, 0.5) is 0 Å². The van der Waals surface area contributed by atoms with Gasteiger partial charge in [0.25, 0.3) is 0 Å². The first kappa shape index (κ1) is 20.8. The summed E-state index contributed by atoms with van der Waals surface area (Å²) in [6.07, 6.45) is -5.67. The number of hydrogen-bond donors (Lipinski definition) is 0. The van der Waals surface area contributed by atoms with Crippen LogP contribution in [-0.4, -0.2) is 68.3 Å². The van der Waals surface area contributed by atoms with Gasteiger partial charge in [-0.05, 0) is 0 Å². The van der Waals surface area contributed by atoms with Crippen LogP contribution < -0.4 is 0 Å². The number of carbonyl (C=O) groups excluding carboxylic acids is 4. The van der Waals surface area contributed by atoms with Gasteiger partial charge in [0, 0.05) is 34.8 Å². The molecule has 1 heterocycles. The quantitative estimate of drug-likeness (QED) is 0.460. The Bertz CT molecular complexity index is 516. The molecule has 0 aromatic rings. The van der Waals surface area contributed by atoms with Crippen LogP contribution in [0, 0.1) is 0 Å². The molecule has 0 amide bonds. The van der Waals surface area contributed by atoms with E-state index in [1.165, 1.54) is 14.0 Å². The summed E-state index contributed by atoms with van der Waals surface area (Å²) in [7, 11) is 1.29. The maximum absolute atomic E-state index is 11.5. The maximum atomic E-state index is 11.5. The summed E-state index contributed by atoms with van der Waals surface area (Å²) >= 11 is 0. The Hall–Kier alpha value is -2.20. The Morgan fingerprint density at radius 3 is 1.68 bits per heavy atom. The van der Waals surface area contributed by atoms with Gasteiger partial charge in [-0.3, -0.25) is 19.2 Å². The molecule has 0 bridgehead atoms. The highest BCUT2D eigenvalue weighted by Crippen LogP contribution is 2.29. The van der Waals surface area contributed by atoms with E-state index in [0.29, 0.717) is 0 Å². The lowest BCUT2D eigenvalue weighted by molar-refractivity contribution is -0.302. The highest BCUT2D eigenvalue weighted by Gasteiger charge is 2.52. The first-order valence-electron chi connectivity index (χ1n) is 7.49. The third-order valence-corrected chi connectivity index (χ3v) is 3.18. The van der Waals surface area contributed by atoms with Gasteiger partial charge in [-0.15, -0.1) is 0 Å². The molecule has 0 N–H and O–H groups in total. The molecular formula is C15H22O10. The number of methoxy groups -OCH3 is 1. The Morgan fingerprint density at radius 1 is 0.760 bits per heavy atom. The van der Waals surface area contributed by atoms with Gasteiger partial charge in [0.05, 0.1) is 0 Å².